The molecule has 0 radical (unpaired) electrons. The van der Waals surface area contributed by atoms with Gasteiger partial charge in [-0.05, 0) is 31.7 Å². The number of sulfonamides is 1. The van der Waals surface area contributed by atoms with Gasteiger partial charge in [0.15, 0.2) is 0 Å². The summed E-state index contributed by atoms with van der Waals surface area (Å²) in [6.45, 7) is 5.06. The van der Waals surface area contributed by atoms with E-state index in [1.165, 1.54) is 0 Å². The van der Waals surface area contributed by atoms with E-state index in [-0.39, 0.29) is 10.7 Å². The molecule has 0 N–H and O–H groups in total. The summed E-state index contributed by atoms with van der Waals surface area (Å²) in [5, 5.41) is -0.0933. The third-order valence-electron chi connectivity index (χ3n) is 4.81. The molecule has 3 aliphatic rings. The fraction of sp³-hybridized carbons (Fsp3) is 0.714. The molecule has 4 rings (SSSR count). The summed E-state index contributed by atoms with van der Waals surface area (Å²) in [6, 6.07) is 0. The van der Waals surface area contributed by atoms with E-state index in [2.05, 4.69) is 14.9 Å². The smallest absolute Gasteiger partial charge is 0.225 e. The Morgan fingerprint density at radius 3 is 2.48 bits per heavy atom. The molecule has 6 nitrogen and oxygen atoms in total. The van der Waals surface area contributed by atoms with Crippen LogP contribution in [0, 0.1) is 12.3 Å². The van der Waals surface area contributed by atoms with Gasteiger partial charge >= 0.3 is 0 Å². The lowest BCUT2D eigenvalue weighted by atomic mass is 9.79. The van der Waals surface area contributed by atoms with Gasteiger partial charge in [0.25, 0.3) is 0 Å². The molecule has 21 heavy (non-hydrogen) atoms. The fourth-order valence-electron chi connectivity index (χ4n) is 3.40. The van der Waals surface area contributed by atoms with E-state index in [1.807, 2.05) is 19.3 Å². The topological polar surface area (TPSA) is 66.4 Å². The number of aryl methyl sites for hydroxylation is 1. The SMILES string of the molecule is Cc1cnc(N2CC3(CCN(S(=O)(=O)C4CC4)C3)C2)nc1. The molecule has 114 valence electrons. The highest BCUT2D eigenvalue weighted by Gasteiger charge is 2.53. The maximum atomic E-state index is 12.3. The molecule has 2 saturated heterocycles. The van der Waals surface area contributed by atoms with Crippen molar-refractivity contribution in [2.24, 2.45) is 5.41 Å². The maximum Gasteiger partial charge on any atom is 0.225 e. The van der Waals surface area contributed by atoms with Gasteiger partial charge in [0, 0.05) is 44.0 Å². The minimum Gasteiger partial charge on any atom is -0.339 e. The summed E-state index contributed by atoms with van der Waals surface area (Å²) in [5.74, 6) is 0.759. The van der Waals surface area contributed by atoms with Gasteiger partial charge in [-0.1, -0.05) is 0 Å². The van der Waals surface area contributed by atoms with Gasteiger partial charge in [0.2, 0.25) is 16.0 Å². The molecule has 0 amide bonds. The van der Waals surface area contributed by atoms with Crippen LogP contribution in [-0.2, 0) is 10.0 Å². The molecule has 0 aromatic carbocycles. The summed E-state index contributed by atoms with van der Waals surface area (Å²) in [5.41, 5.74) is 1.17. The molecule has 7 heteroatoms. The maximum absolute atomic E-state index is 12.3. The standard InChI is InChI=1S/C14H20N4O2S/c1-11-6-15-13(16-7-11)17-8-14(9-17)4-5-18(10-14)21(19,20)12-2-3-12/h6-7,12H,2-5,8-10H2,1H3. The Bertz CT molecular complexity index is 648. The molecular formula is C14H20N4O2S. The van der Waals surface area contributed by atoms with E-state index < -0.39 is 10.0 Å². The second kappa shape index (κ2) is 4.39. The summed E-state index contributed by atoms with van der Waals surface area (Å²) >= 11 is 0. The summed E-state index contributed by atoms with van der Waals surface area (Å²) < 4.78 is 26.3. The van der Waals surface area contributed by atoms with Crippen LogP contribution in [0.15, 0.2) is 12.4 Å². The highest BCUT2D eigenvalue weighted by molar-refractivity contribution is 7.90. The molecule has 2 aliphatic heterocycles. The Morgan fingerprint density at radius 1 is 1.19 bits per heavy atom. The molecule has 0 unspecified atom stereocenters. The molecule has 0 atom stereocenters. The molecule has 1 aromatic heterocycles. The lowest BCUT2D eigenvalue weighted by Gasteiger charge is -2.48. The second-order valence-electron chi connectivity index (χ2n) is 6.74. The lowest BCUT2D eigenvalue weighted by molar-refractivity contribution is 0.227. The van der Waals surface area contributed by atoms with Crippen LogP contribution in [-0.4, -0.2) is 54.1 Å². The molecule has 1 aliphatic carbocycles. The number of hydrogen-bond donors (Lipinski definition) is 0. The molecule has 3 fully saturated rings. The molecule has 1 aromatic rings. The number of nitrogens with zero attached hydrogens (tertiary/aromatic N) is 4. The average molecular weight is 308 g/mol. The van der Waals surface area contributed by atoms with E-state index >= 15 is 0 Å². The minimum atomic E-state index is -3.02. The van der Waals surface area contributed by atoms with E-state index in [1.54, 1.807) is 4.31 Å². The summed E-state index contributed by atoms with van der Waals surface area (Å²) in [6.07, 6.45) is 6.29. The van der Waals surface area contributed by atoms with Crippen LogP contribution in [0.2, 0.25) is 0 Å². The van der Waals surface area contributed by atoms with Crippen molar-refractivity contribution in [3.8, 4) is 0 Å². The zero-order chi connectivity index (χ0) is 14.7. The van der Waals surface area contributed by atoms with Crippen molar-refractivity contribution in [2.45, 2.75) is 31.4 Å². The van der Waals surface area contributed by atoms with Crippen LogP contribution < -0.4 is 4.90 Å². The van der Waals surface area contributed by atoms with Crippen molar-refractivity contribution < 1.29 is 8.42 Å². The number of hydrogen-bond acceptors (Lipinski definition) is 5. The van der Waals surface area contributed by atoms with E-state index in [0.29, 0.717) is 13.1 Å². The predicted molar refractivity (Wildman–Crippen MR) is 79.5 cm³/mol. The van der Waals surface area contributed by atoms with Gasteiger partial charge in [-0.25, -0.2) is 22.7 Å². The number of anilines is 1. The van der Waals surface area contributed by atoms with Crippen LogP contribution in [0.5, 0.6) is 0 Å². The Kier molecular flexibility index (Phi) is 2.81. The third-order valence-corrected chi connectivity index (χ3v) is 7.16. The molecular weight excluding hydrogens is 288 g/mol. The Hall–Kier alpha value is -1.21. The van der Waals surface area contributed by atoms with E-state index in [4.69, 9.17) is 0 Å². The van der Waals surface area contributed by atoms with Gasteiger partial charge in [0.05, 0.1) is 5.25 Å². The molecule has 0 bridgehead atoms. The first-order chi connectivity index (χ1) is 9.98. The minimum absolute atomic E-state index is 0.0933. The van der Waals surface area contributed by atoms with Crippen molar-refractivity contribution in [3.63, 3.8) is 0 Å². The third kappa shape index (κ3) is 2.23. The van der Waals surface area contributed by atoms with Gasteiger partial charge in [-0.2, -0.15) is 0 Å². The molecule has 3 heterocycles. The molecule has 1 spiro atoms. The number of aromatic nitrogens is 2. The Morgan fingerprint density at radius 2 is 1.86 bits per heavy atom. The van der Waals surface area contributed by atoms with Crippen molar-refractivity contribution in [1.29, 1.82) is 0 Å². The Labute approximate surface area is 125 Å². The van der Waals surface area contributed by atoms with Crippen LogP contribution in [0.25, 0.3) is 0 Å². The first-order valence-electron chi connectivity index (χ1n) is 7.51. The van der Waals surface area contributed by atoms with Gasteiger partial charge in [-0.3, -0.25) is 0 Å². The molecule has 1 saturated carbocycles. The summed E-state index contributed by atoms with van der Waals surface area (Å²) in [4.78, 5) is 10.8. The first kappa shape index (κ1) is 13.5. The monoisotopic (exact) mass is 308 g/mol. The zero-order valence-corrected chi connectivity index (χ0v) is 13.0. The summed E-state index contributed by atoms with van der Waals surface area (Å²) in [7, 11) is -3.02. The van der Waals surface area contributed by atoms with Crippen molar-refractivity contribution in [3.05, 3.63) is 18.0 Å². The largest absolute Gasteiger partial charge is 0.339 e. The normalized spacial score (nSPS) is 25.3. The highest BCUT2D eigenvalue weighted by Crippen LogP contribution is 2.43. The van der Waals surface area contributed by atoms with Gasteiger partial charge in [-0.15, -0.1) is 0 Å². The van der Waals surface area contributed by atoms with Crippen LogP contribution in [0.4, 0.5) is 5.95 Å². The van der Waals surface area contributed by atoms with Crippen molar-refractivity contribution >= 4 is 16.0 Å². The number of rotatable bonds is 3. The first-order valence-corrected chi connectivity index (χ1v) is 9.02. The van der Waals surface area contributed by atoms with E-state index in [9.17, 15) is 8.42 Å². The van der Waals surface area contributed by atoms with Gasteiger partial charge < -0.3 is 4.90 Å². The fourth-order valence-corrected chi connectivity index (χ4v) is 5.35. The zero-order valence-electron chi connectivity index (χ0n) is 12.2. The van der Waals surface area contributed by atoms with Crippen LogP contribution >= 0.6 is 0 Å². The van der Waals surface area contributed by atoms with E-state index in [0.717, 1.165) is 43.9 Å². The predicted octanol–water partition coefficient (Wildman–Crippen LogP) is 0.789. The highest BCUT2D eigenvalue weighted by atomic mass is 32.2. The van der Waals surface area contributed by atoms with Crippen molar-refractivity contribution in [1.82, 2.24) is 14.3 Å². The van der Waals surface area contributed by atoms with Crippen LogP contribution in [0.1, 0.15) is 24.8 Å². The van der Waals surface area contributed by atoms with Crippen LogP contribution in [0.3, 0.4) is 0 Å². The lowest BCUT2D eigenvalue weighted by Crippen LogP contribution is -2.58. The average Bonchev–Trinajstić information content (AvgIpc) is 3.17. The van der Waals surface area contributed by atoms with Gasteiger partial charge in [0.1, 0.15) is 0 Å². The van der Waals surface area contributed by atoms with Crippen molar-refractivity contribution in [2.75, 3.05) is 31.1 Å². The quantitative estimate of drug-likeness (QED) is 0.826. The Balaban J connectivity index is 1.42. The second-order valence-corrected chi connectivity index (χ2v) is 8.96.